The van der Waals surface area contributed by atoms with Crippen LogP contribution in [0.25, 0.3) is 70.6 Å². The number of benzene rings is 7. The molecule has 0 bridgehead atoms. The molecule has 8 aromatic rings. The summed E-state index contributed by atoms with van der Waals surface area (Å²) in [6, 6.07) is 37.8. The molecule has 7 aromatic carbocycles. The maximum absolute atomic E-state index is 2.43. The normalized spacial score (nSPS) is 12.5. The minimum Gasteiger partial charge on any atom is -0.309 e. The van der Waals surface area contributed by atoms with E-state index in [0.717, 1.165) is 0 Å². The Morgan fingerprint density at radius 2 is 0.871 bits per heavy atom. The highest BCUT2D eigenvalue weighted by molar-refractivity contribution is 6.44. The van der Waals surface area contributed by atoms with E-state index in [1.165, 1.54) is 70.6 Å². The van der Waals surface area contributed by atoms with Crippen molar-refractivity contribution in [1.29, 1.82) is 0 Å². The van der Waals surface area contributed by atoms with E-state index >= 15 is 0 Å². The standard InChI is InChI=1S/C30H17N/c1-2-8-18(9-3-1)31-25-15-7-14-23-22-13-6-12-21-19-10-4-5-11-20(19)24-16-17-26(31)30(28(23)25)29(24)27(21)22/h1-17H. The van der Waals surface area contributed by atoms with Crippen LogP contribution in [0.4, 0.5) is 0 Å². The molecule has 1 heterocycles. The van der Waals surface area contributed by atoms with Crippen molar-refractivity contribution in [1.82, 2.24) is 4.57 Å². The number of rotatable bonds is 1. The van der Waals surface area contributed by atoms with Crippen LogP contribution in [0.2, 0.25) is 0 Å². The summed E-state index contributed by atoms with van der Waals surface area (Å²) in [7, 11) is 0. The highest BCUT2D eigenvalue weighted by Crippen LogP contribution is 2.49. The van der Waals surface area contributed by atoms with E-state index in [9.17, 15) is 0 Å². The van der Waals surface area contributed by atoms with Gasteiger partial charge in [0.1, 0.15) is 0 Å². The molecule has 0 aliphatic rings. The van der Waals surface area contributed by atoms with Gasteiger partial charge in [-0.15, -0.1) is 0 Å². The summed E-state index contributed by atoms with van der Waals surface area (Å²) in [6.45, 7) is 0. The Morgan fingerprint density at radius 1 is 0.323 bits per heavy atom. The van der Waals surface area contributed by atoms with Gasteiger partial charge in [-0.25, -0.2) is 0 Å². The first kappa shape index (κ1) is 15.7. The van der Waals surface area contributed by atoms with Gasteiger partial charge in [-0.3, -0.25) is 0 Å². The van der Waals surface area contributed by atoms with E-state index in [2.05, 4.69) is 108 Å². The fourth-order valence-corrected chi connectivity index (χ4v) is 5.94. The van der Waals surface area contributed by atoms with Crippen molar-refractivity contribution in [3.8, 4) is 5.69 Å². The van der Waals surface area contributed by atoms with Crippen LogP contribution in [-0.4, -0.2) is 4.57 Å². The third kappa shape index (κ3) is 1.75. The summed E-state index contributed by atoms with van der Waals surface area (Å²) >= 11 is 0. The highest BCUT2D eigenvalue weighted by atomic mass is 15.0. The molecule has 1 heteroatoms. The molecule has 1 aromatic heterocycles. The van der Waals surface area contributed by atoms with Gasteiger partial charge in [0, 0.05) is 21.8 Å². The summed E-state index contributed by atoms with van der Waals surface area (Å²) in [6.07, 6.45) is 0. The predicted molar refractivity (Wildman–Crippen MR) is 133 cm³/mol. The second-order valence-corrected chi connectivity index (χ2v) is 8.53. The smallest absolute Gasteiger partial charge is 0.0548 e. The molecule has 0 saturated carbocycles. The first-order chi connectivity index (χ1) is 15.4. The number of hydrogen-bond donors (Lipinski definition) is 0. The fourth-order valence-electron chi connectivity index (χ4n) is 5.94. The lowest BCUT2D eigenvalue weighted by Crippen LogP contribution is -1.92. The van der Waals surface area contributed by atoms with Crippen LogP contribution in [-0.2, 0) is 0 Å². The first-order valence-corrected chi connectivity index (χ1v) is 10.8. The Kier molecular flexibility index (Phi) is 2.70. The molecule has 142 valence electrons. The van der Waals surface area contributed by atoms with Crippen LogP contribution in [0, 0.1) is 0 Å². The number of aromatic nitrogens is 1. The maximum Gasteiger partial charge on any atom is 0.0548 e. The van der Waals surface area contributed by atoms with Crippen molar-refractivity contribution < 1.29 is 0 Å². The Bertz CT molecular complexity index is 1920. The summed E-state index contributed by atoms with van der Waals surface area (Å²) in [5, 5.41) is 13.6. The van der Waals surface area contributed by atoms with Crippen LogP contribution in [0.1, 0.15) is 0 Å². The van der Waals surface area contributed by atoms with E-state index in [1.807, 2.05) is 0 Å². The molecule has 1 nitrogen and oxygen atoms in total. The van der Waals surface area contributed by atoms with E-state index in [1.54, 1.807) is 0 Å². The van der Waals surface area contributed by atoms with Gasteiger partial charge in [0.25, 0.3) is 0 Å². The zero-order valence-corrected chi connectivity index (χ0v) is 16.8. The molecule has 0 aliphatic heterocycles. The lowest BCUT2D eigenvalue weighted by molar-refractivity contribution is 1.18. The Balaban J connectivity index is 1.80. The average Bonchev–Trinajstić information content (AvgIpc) is 3.19. The van der Waals surface area contributed by atoms with Gasteiger partial charge in [0.15, 0.2) is 0 Å². The molecule has 0 fully saturated rings. The third-order valence-corrected chi connectivity index (χ3v) is 7.08. The topological polar surface area (TPSA) is 4.93 Å². The molecule has 8 rings (SSSR count). The predicted octanol–water partition coefficient (Wildman–Crippen LogP) is 8.27. The lowest BCUT2D eigenvalue weighted by atomic mass is 9.86. The first-order valence-electron chi connectivity index (χ1n) is 10.8. The van der Waals surface area contributed by atoms with Gasteiger partial charge in [-0.1, -0.05) is 78.9 Å². The fraction of sp³-hybridized carbons (Fsp3) is 0. The molecule has 0 spiro atoms. The van der Waals surface area contributed by atoms with Crippen LogP contribution >= 0.6 is 0 Å². The zero-order chi connectivity index (χ0) is 20.1. The van der Waals surface area contributed by atoms with Crippen molar-refractivity contribution in [2.24, 2.45) is 0 Å². The number of hydrogen-bond acceptors (Lipinski definition) is 0. The molecule has 0 saturated heterocycles. The van der Waals surface area contributed by atoms with E-state index in [0.29, 0.717) is 0 Å². The second kappa shape index (κ2) is 5.33. The SMILES string of the molecule is c1ccc(-n2c3cccc4c5cccc6c7ccccc7c7ccc2c(c7c65)c43)cc1. The summed E-state index contributed by atoms with van der Waals surface area (Å²) in [5.74, 6) is 0. The van der Waals surface area contributed by atoms with E-state index in [4.69, 9.17) is 0 Å². The van der Waals surface area contributed by atoms with Crippen molar-refractivity contribution in [2.75, 3.05) is 0 Å². The Hall–Kier alpha value is -4.10. The van der Waals surface area contributed by atoms with Gasteiger partial charge in [-0.2, -0.15) is 0 Å². The molecule has 0 aliphatic carbocycles. The van der Waals surface area contributed by atoms with Gasteiger partial charge in [0.2, 0.25) is 0 Å². The monoisotopic (exact) mass is 391 g/mol. The van der Waals surface area contributed by atoms with Crippen LogP contribution in [0.3, 0.4) is 0 Å². The van der Waals surface area contributed by atoms with E-state index in [-0.39, 0.29) is 0 Å². The van der Waals surface area contributed by atoms with Gasteiger partial charge < -0.3 is 4.57 Å². The van der Waals surface area contributed by atoms with Gasteiger partial charge >= 0.3 is 0 Å². The Labute approximate surface area is 178 Å². The minimum atomic E-state index is 1.21. The number of fused-ring (bicyclic) bond motifs is 4. The largest absolute Gasteiger partial charge is 0.309 e. The quantitative estimate of drug-likeness (QED) is 0.196. The number of para-hydroxylation sites is 1. The van der Waals surface area contributed by atoms with Gasteiger partial charge in [0.05, 0.1) is 11.0 Å². The maximum atomic E-state index is 2.43. The van der Waals surface area contributed by atoms with Crippen LogP contribution in [0.5, 0.6) is 0 Å². The summed E-state index contributed by atoms with van der Waals surface area (Å²) < 4.78 is 2.43. The average molecular weight is 391 g/mol. The lowest BCUT2D eigenvalue weighted by Gasteiger charge is -2.16. The highest BCUT2D eigenvalue weighted by Gasteiger charge is 2.23. The van der Waals surface area contributed by atoms with Crippen LogP contribution in [0.15, 0.2) is 103 Å². The van der Waals surface area contributed by atoms with Crippen LogP contribution < -0.4 is 0 Å². The molecule has 0 N–H and O–H groups in total. The molecule has 0 atom stereocenters. The molecular formula is C30H17N. The van der Waals surface area contributed by atoms with Crippen molar-refractivity contribution >= 4 is 64.9 Å². The molecule has 31 heavy (non-hydrogen) atoms. The van der Waals surface area contributed by atoms with E-state index < -0.39 is 0 Å². The molecular weight excluding hydrogens is 374 g/mol. The summed E-state index contributed by atoms with van der Waals surface area (Å²) in [4.78, 5) is 0. The van der Waals surface area contributed by atoms with Gasteiger partial charge in [-0.05, 0) is 62.0 Å². The third-order valence-electron chi connectivity index (χ3n) is 7.08. The van der Waals surface area contributed by atoms with Crippen molar-refractivity contribution in [3.63, 3.8) is 0 Å². The second-order valence-electron chi connectivity index (χ2n) is 8.53. The zero-order valence-electron chi connectivity index (χ0n) is 16.8. The summed E-state index contributed by atoms with van der Waals surface area (Å²) in [5.41, 5.74) is 3.77. The van der Waals surface area contributed by atoms with Crippen molar-refractivity contribution in [3.05, 3.63) is 103 Å². The Morgan fingerprint density at radius 3 is 1.65 bits per heavy atom. The molecule has 0 radical (unpaired) electrons. The van der Waals surface area contributed by atoms with Crippen molar-refractivity contribution in [2.45, 2.75) is 0 Å². The number of nitrogens with zero attached hydrogens (tertiary/aromatic N) is 1. The molecule has 0 unspecified atom stereocenters. The minimum absolute atomic E-state index is 1.21. The molecule has 0 amide bonds.